The Hall–Kier alpha value is -2.89. The van der Waals surface area contributed by atoms with Gasteiger partial charge < -0.3 is 10.1 Å². The topological polar surface area (TPSA) is 71.5 Å². The maximum atomic E-state index is 13.0. The van der Waals surface area contributed by atoms with Crippen LogP contribution >= 0.6 is 0 Å². The number of hydrogen-bond donors (Lipinski definition) is 1. The summed E-state index contributed by atoms with van der Waals surface area (Å²) in [5, 5.41) is 2.80. The van der Waals surface area contributed by atoms with Gasteiger partial charge in [-0.15, -0.1) is 0 Å². The number of benzene rings is 1. The van der Waals surface area contributed by atoms with E-state index in [1.807, 2.05) is 44.2 Å². The molecular weight excluding hydrogens is 318 g/mol. The minimum atomic E-state index is -1.63. The number of carbonyl (C=O) groups excluding carboxylic acids is 2. The molecule has 0 aliphatic carbocycles. The van der Waals surface area contributed by atoms with E-state index in [0.717, 1.165) is 5.56 Å². The number of fused-ring (bicyclic) bond motifs is 1. The number of nitrogens with one attached hydrogen (secondary N) is 1. The molecule has 0 radical (unpaired) electrons. The molecule has 6 heteroatoms. The van der Waals surface area contributed by atoms with Crippen molar-refractivity contribution in [3.63, 3.8) is 0 Å². The highest BCUT2D eigenvalue weighted by Gasteiger charge is 2.51. The molecule has 1 aromatic heterocycles. The van der Waals surface area contributed by atoms with Crippen LogP contribution in [0.3, 0.4) is 0 Å². The third kappa shape index (κ3) is 3.07. The average Bonchev–Trinajstić information content (AvgIpc) is 2.61. The second kappa shape index (κ2) is 6.55. The van der Waals surface area contributed by atoms with Gasteiger partial charge in [0.1, 0.15) is 0 Å². The van der Waals surface area contributed by atoms with Crippen LogP contribution in [-0.4, -0.2) is 28.4 Å². The first kappa shape index (κ1) is 17.0. The van der Waals surface area contributed by atoms with Gasteiger partial charge in [0, 0.05) is 18.8 Å². The number of rotatable bonds is 4. The highest BCUT2D eigenvalue weighted by molar-refractivity contribution is 6.16. The first-order valence-corrected chi connectivity index (χ1v) is 8.23. The summed E-state index contributed by atoms with van der Waals surface area (Å²) in [7, 11) is 0. The van der Waals surface area contributed by atoms with E-state index in [9.17, 15) is 9.59 Å². The molecule has 1 aliphatic heterocycles. The van der Waals surface area contributed by atoms with E-state index in [1.54, 1.807) is 18.3 Å². The highest BCUT2D eigenvalue weighted by atomic mass is 16.5. The molecule has 2 amide bonds. The van der Waals surface area contributed by atoms with Gasteiger partial charge in [-0.05, 0) is 38.5 Å². The third-order valence-electron chi connectivity index (χ3n) is 4.17. The van der Waals surface area contributed by atoms with Gasteiger partial charge >= 0.3 is 0 Å². The van der Waals surface area contributed by atoms with Gasteiger partial charge in [0.15, 0.2) is 11.6 Å². The SMILES string of the molecule is CC(C)N1C(=O)C(C)(C(=O)NCc2ccccc2)Oc2cccnc21. The molecule has 25 heavy (non-hydrogen) atoms. The molecule has 1 atom stereocenters. The van der Waals surface area contributed by atoms with Crippen LogP contribution in [0.4, 0.5) is 5.82 Å². The predicted molar refractivity (Wildman–Crippen MR) is 94.2 cm³/mol. The summed E-state index contributed by atoms with van der Waals surface area (Å²) in [4.78, 5) is 31.5. The fourth-order valence-corrected chi connectivity index (χ4v) is 2.80. The lowest BCUT2D eigenvalue weighted by molar-refractivity contribution is -0.148. The Morgan fingerprint density at radius 2 is 1.96 bits per heavy atom. The van der Waals surface area contributed by atoms with Crippen molar-refractivity contribution in [2.45, 2.75) is 39.0 Å². The summed E-state index contributed by atoms with van der Waals surface area (Å²) in [6, 6.07) is 12.8. The van der Waals surface area contributed by atoms with E-state index < -0.39 is 17.4 Å². The Bertz CT molecular complexity index is 792. The number of hydrogen-bond acceptors (Lipinski definition) is 4. The van der Waals surface area contributed by atoms with E-state index in [-0.39, 0.29) is 6.04 Å². The van der Waals surface area contributed by atoms with Crippen molar-refractivity contribution >= 4 is 17.6 Å². The lowest BCUT2D eigenvalue weighted by atomic mass is 9.99. The minimum absolute atomic E-state index is 0.147. The number of ether oxygens (including phenoxy) is 1. The largest absolute Gasteiger partial charge is 0.464 e. The van der Waals surface area contributed by atoms with Crippen molar-refractivity contribution in [3.8, 4) is 5.75 Å². The summed E-state index contributed by atoms with van der Waals surface area (Å²) in [6.07, 6.45) is 1.60. The van der Waals surface area contributed by atoms with E-state index in [0.29, 0.717) is 18.1 Å². The van der Waals surface area contributed by atoms with Gasteiger partial charge in [0.2, 0.25) is 0 Å². The summed E-state index contributed by atoms with van der Waals surface area (Å²) >= 11 is 0. The molecular formula is C19H21N3O3. The van der Waals surface area contributed by atoms with Crippen LogP contribution < -0.4 is 15.0 Å². The maximum absolute atomic E-state index is 13.0. The van der Waals surface area contributed by atoms with E-state index in [1.165, 1.54) is 11.8 Å². The quantitative estimate of drug-likeness (QED) is 0.868. The first-order valence-electron chi connectivity index (χ1n) is 8.23. The Morgan fingerprint density at radius 1 is 1.24 bits per heavy atom. The van der Waals surface area contributed by atoms with Crippen molar-refractivity contribution in [1.29, 1.82) is 0 Å². The molecule has 1 aromatic carbocycles. The molecule has 3 rings (SSSR count). The Balaban J connectivity index is 1.87. The molecule has 2 heterocycles. The summed E-state index contributed by atoms with van der Waals surface area (Å²) < 4.78 is 5.80. The highest BCUT2D eigenvalue weighted by Crippen LogP contribution is 2.37. The molecule has 2 aromatic rings. The smallest absolute Gasteiger partial charge is 0.282 e. The van der Waals surface area contributed by atoms with Crippen LogP contribution in [0.25, 0.3) is 0 Å². The molecule has 0 bridgehead atoms. The van der Waals surface area contributed by atoms with Gasteiger partial charge in [-0.2, -0.15) is 0 Å². The van der Waals surface area contributed by atoms with Crippen LogP contribution in [0.15, 0.2) is 48.7 Å². The van der Waals surface area contributed by atoms with Gasteiger partial charge in [-0.25, -0.2) is 4.98 Å². The Labute approximate surface area is 146 Å². The summed E-state index contributed by atoms with van der Waals surface area (Å²) in [6.45, 7) is 5.59. The van der Waals surface area contributed by atoms with Crippen molar-refractivity contribution < 1.29 is 14.3 Å². The number of carbonyl (C=O) groups is 2. The van der Waals surface area contributed by atoms with Crippen molar-refractivity contribution in [2.75, 3.05) is 4.90 Å². The molecule has 0 saturated carbocycles. The number of anilines is 1. The van der Waals surface area contributed by atoms with Crippen molar-refractivity contribution in [1.82, 2.24) is 10.3 Å². The number of amides is 2. The van der Waals surface area contributed by atoms with Crippen LogP contribution in [0.5, 0.6) is 5.75 Å². The second-order valence-corrected chi connectivity index (χ2v) is 6.40. The van der Waals surface area contributed by atoms with Crippen LogP contribution in [-0.2, 0) is 16.1 Å². The van der Waals surface area contributed by atoms with E-state index >= 15 is 0 Å². The van der Waals surface area contributed by atoms with Crippen molar-refractivity contribution in [3.05, 3.63) is 54.2 Å². The molecule has 0 fully saturated rings. The average molecular weight is 339 g/mol. The zero-order valence-electron chi connectivity index (χ0n) is 14.5. The lowest BCUT2D eigenvalue weighted by Crippen LogP contribution is -2.63. The van der Waals surface area contributed by atoms with Crippen LogP contribution in [0, 0.1) is 0 Å². The van der Waals surface area contributed by atoms with Gasteiger partial charge in [0.05, 0.1) is 0 Å². The Kier molecular flexibility index (Phi) is 4.44. The standard InChI is InChI=1S/C19H21N3O3/c1-13(2)22-16-15(10-7-11-20-16)25-19(3,18(22)24)17(23)21-12-14-8-5-4-6-9-14/h4-11,13H,12H2,1-3H3,(H,21,23). The van der Waals surface area contributed by atoms with Crippen molar-refractivity contribution in [2.24, 2.45) is 0 Å². The molecule has 1 N–H and O–H groups in total. The monoisotopic (exact) mass is 339 g/mol. The predicted octanol–water partition coefficient (Wildman–Crippen LogP) is 2.29. The number of pyridine rings is 1. The molecule has 0 spiro atoms. The van der Waals surface area contributed by atoms with Gasteiger partial charge in [0.25, 0.3) is 17.4 Å². The molecule has 0 saturated heterocycles. The van der Waals surface area contributed by atoms with Gasteiger partial charge in [-0.1, -0.05) is 30.3 Å². The van der Waals surface area contributed by atoms with E-state index in [4.69, 9.17) is 4.74 Å². The zero-order chi connectivity index (χ0) is 18.0. The first-order chi connectivity index (χ1) is 11.9. The fraction of sp³-hybridized carbons (Fsp3) is 0.316. The number of nitrogens with zero attached hydrogens (tertiary/aromatic N) is 2. The van der Waals surface area contributed by atoms with Crippen LogP contribution in [0.2, 0.25) is 0 Å². The Morgan fingerprint density at radius 3 is 2.64 bits per heavy atom. The molecule has 1 unspecified atom stereocenters. The molecule has 130 valence electrons. The number of aromatic nitrogens is 1. The fourth-order valence-electron chi connectivity index (χ4n) is 2.80. The zero-order valence-corrected chi connectivity index (χ0v) is 14.5. The molecule has 6 nitrogen and oxygen atoms in total. The molecule has 1 aliphatic rings. The summed E-state index contributed by atoms with van der Waals surface area (Å²) in [5.41, 5.74) is -0.680. The summed E-state index contributed by atoms with van der Waals surface area (Å²) in [5.74, 6) is -0.0234. The third-order valence-corrected chi connectivity index (χ3v) is 4.17. The minimum Gasteiger partial charge on any atom is -0.464 e. The van der Waals surface area contributed by atoms with Gasteiger partial charge in [-0.3, -0.25) is 14.5 Å². The van der Waals surface area contributed by atoms with Crippen LogP contribution in [0.1, 0.15) is 26.3 Å². The lowest BCUT2D eigenvalue weighted by Gasteiger charge is -2.40. The normalized spacial score (nSPS) is 19.4. The second-order valence-electron chi connectivity index (χ2n) is 6.40. The maximum Gasteiger partial charge on any atom is 0.282 e. The van der Waals surface area contributed by atoms with E-state index in [2.05, 4.69) is 10.3 Å².